The summed E-state index contributed by atoms with van der Waals surface area (Å²) in [5, 5.41) is 6.30. The van der Waals surface area contributed by atoms with Gasteiger partial charge in [-0.3, -0.25) is 14.5 Å². The summed E-state index contributed by atoms with van der Waals surface area (Å²) in [5.74, 6) is -0.703. The Bertz CT molecular complexity index is 960. The van der Waals surface area contributed by atoms with Gasteiger partial charge in [0, 0.05) is 11.6 Å². The van der Waals surface area contributed by atoms with Crippen molar-refractivity contribution in [2.24, 2.45) is 0 Å². The highest BCUT2D eigenvalue weighted by atomic mass is 35.5. The van der Waals surface area contributed by atoms with Crippen molar-refractivity contribution in [3.63, 3.8) is 0 Å². The second kappa shape index (κ2) is 7.87. The van der Waals surface area contributed by atoms with Gasteiger partial charge in [-0.15, -0.1) is 0 Å². The van der Waals surface area contributed by atoms with E-state index in [4.69, 9.17) is 11.6 Å². The molecule has 0 radical (unpaired) electrons. The minimum absolute atomic E-state index is 0.283. The van der Waals surface area contributed by atoms with E-state index < -0.39 is 11.6 Å². The van der Waals surface area contributed by atoms with E-state index in [9.17, 15) is 14.4 Å². The molecule has 0 aromatic heterocycles. The molecule has 1 heterocycles. The molecule has 2 aromatic rings. The van der Waals surface area contributed by atoms with Crippen LogP contribution >= 0.6 is 11.6 Å². The Morgan fingerprint density at radius 2 is 1.90 bits per heavy atom. The Hall–Kier alpha value is -2.86. The second-order valence-corrected chi connectivity index (χ2v) is 7.90. The molecule has 4 amide bonds. The zero-order valence-electron chi connectivity index (χ0n) is 15.9. The molecular formula is C22H22ClN3O3. The lowest BCUT2D eigenvalue weighted by Gasteiger charge is -2.33. The van der Waals surface area contributed by atoms with Crippen molar-refractivity contribution in [2.75, 3.05) is 13.1 Å². The monoisotopic (exact) mass is 411 g/mol. The van der Waals surface area contributed by atoms with E-state index in [1.54, 1.807) is 12.1 Å². The molecule has 0 saturated carbocycles. The minimum Gasteiger partial charge on any atom is -0.354 e. The van der Waals surface area contributed by atoms with Gasteiger partial charge in [0.25, 0.3) is 5.91 Å². The lowest BCUT2D eigenvalue weighted by atomic mass is 9.76. The van der Waals surface area contributed by atoms with E-state index in [-0.39, 0.29) is 18.4 Å². The highest BCUT2D eigenvalue weighted by Gasteiger charge is 2.54. The fourth-order valence-electron chi connectivity index (χ4n) is 4.15. The largest absolute Gasteiger partial charge is 0.354 e. The van der Waals surface area contributed by atoms with Gasteiger partial charge < -0.3 is 10.6 Å². The highest BCUT2D eigenvalue weighted by molar-refractivity contribution is 6.30. The Labute approximate surface area is 174 Å². The van der Waals surface area contributed by atoms with Crippen molar-refractivity contribution >= 4 is 29.4 Å². The van der Waals surface area contributed by atoms with Crippen molar-refractivity contribution in [3.8, 4) is 0 Å². The van der Waals surface area contributed by atoms with E-state index in [0.29, 0.717) is 24.4 Å². The van der Waals surface area contributed by atoms with Gasteiger partial charge in [-0.2, -0.15) is 0 Å². The topological polar surface area (TPSA) is 78.5 Å². The number of nitrogens with one attached hydrogen (secondary N) is 2. The first-order valence-electron chi connectivity index (χ1n) is 9.73. The number of nitrogens with zero attached hydrogens (tertiary/aromatic N) is 1. The molecule has 4 rings (SSSR count). The van der Waals surface area contributed by atoms with Crippen LogP contribution in [0.5, 0.6) is 0 Å². The van der Waals surface area contributed by atoms with Gasteiger partial charge in [-0.1, -0.05) is 48.0 Å². The van der Waals surface area contributed by atoms with Gasteiger partial charge in [0.1, 0.15) is 12.1 Å². The molecule has 2 aromatic carbocycles. The number of carbonyl (C=O) groups excluding carboxylic acids is 3. The summed E-state index contributed by atoms with van der Waals surface area (Å²) in [7, 11) is 0. The third-order valence-corrected chi connectivity index (χ3v) is 5.85. The maximum Gasteiger partial charge on any atom is 0.325 e. The van der Waals surface area contributed by atoms with Crippen molar-refractivity contribution in [1.82, 2.24) is 15.5 Å². The maximum absolute atomic E-state index is 13.2. The number of halogens is 1. The molecule has 2 N–H and O–H groups in total. The quantitative estimate of drug-likeness (QED) is 0.742. The van der Waals surface area contributed by atoms with E-state index in [1.165, 1.54) is 0 Å². The summed E-state index contributed by atoms with van der Waals surface area (Å²) in [4.78, 5) is 39.1. The molecule has 150 valence electrons. The van der Waals surface area contributed by atoms with Crippen LogP contribution in [0.3, 0.4) is 0 Å². The van der Waals surface area contributed by atoms with Crippen LogP contribution < -0.4 is 10.6 Å². The van der Waals surface area contributed by atoms with E-state index >= 15 is 0 Å². The summed E-state index contributed by atoms with van der Waals surface area (Å²) in [5.41, 5.74) is 1.91. The number of rotatable bonds is 5. The van der Waals surface area contributed by atoms with Gasteiger partial charge in [0.15, 0.2) is 0 Å². The molecule has 0 bridgehead atoms. The van der Waals surface area contributed by atoms with Crippen LogP contribution in [0, 0.1) is 0 Å². The van der Waals surface area contributed by atoms with Gasteiger partial charge in [0.2, 0.25) is 5.91 Å². The molecule has 1 aliphatic heterocycles. The molecule has 1 atom stereocenters. The molecule has 1 aliphatic carbocycles. The molecule has 1 spiro atoms. The van der Waals surface area contributed by atoms with Crippen LogP contribution in [0.1, 0.15) is 29.5 Å². The molecule has 7 heteroatoms. The SMILES string of the molecule is O=C(CN1C(=O)N[C@@]2(CCCc3ccccc32)C1=O)NCCc1ccc(Cl)cc1. The fraction of sp³-hybridized carbons (Fsp3) is 0.318. The number of benzene rings is 2. The Kier molecular flexibility index (Phi) is 5.28. The van der Waals surface area contributed by atoms with Crippen LogP contribution in [-0.4, -0.2) is 35.8 Å². The highest BCUT2D eigenvalue weighted by Crippen LogP contribution is 2.39. The predicted octanol–water partition coefficient (Wildman–Crippen LogP) is 2.78. The number of carbonyl (C=O) groups is 3. The Morgan fingerprint density at radius 3 is 2.69 bits per heavy atom. The fourth-order valence-corrected chi connectivity index (χ4v) is 4.28. The number of hydrogen-bond donors (Lipinski definition) is 2. The molecule has 0 unspecified atom stereocenters. The standard InChI is InChI=1S/C22H22ClN3O3/c23-17-9-7-15(8-10-17)11-13-24-19(27)14-26-20(28)22(25-21(26)29)12-3-5-16-4-1-2-6-18(16)22/h1-2,4,6-10H,3,5,11-14H2,(H,24,27)(H,25,29)/t22-/m1/s1. The molecule has 29 heavy (non-hydrogen) atoms. The van der Waals surface area contributed by atoms with Crippen molar-refractivity contribution in [1.29, 1.82) is 0 Å². The number of hydrogen-bond acceptors (Lipinski definition) is 3. The molecule has 6 nitrogen and oxygen atoms in total. The van der Waals surface area contributed by atoms with Crippen LogP contribution in [0.4, 0.5) is 4.79 Å². The predicted molar refractivity (Wildman–Crippen MR) is 109 cm³/mol. The summed E-state index contributed by atoms with van der Waals surface area (Å²) in [6.45, 7) is 0.132. The number of urea groups is 1. The first-order chi connectivity index (χ1) is 14.0. The van der Waals surface area contributed by atoms with Crippen LogP contribution in [0.25, 0.3) is 0 Å². The first kappa shape index (κ1) is 19.5. The smallest absolute Gasteiger partial charge is 0.325 e. The van der Waals surface area contributed by atoms with Crippen molar-refractivity contribution < 1.29 is 14.4 Å². The van der Waals surface area contributed by atoms with Gasteiger partial charge in [-0.25, -0.2) is 4.79 Å². The van der Waals surface area contributed by atoms with E-state index in [0.717, 1.165) is 34.4 Å². The average molecular weight is 412 g/mol. The lowest BCUT2D eigenvalue weighted by Crippen LogP contribution is -2.47. The number of amides is 4. The number of fused-ring (bicyclic) bond motifs is 2. The summed E-state index contributed by atoms with van der Waals surface area (Å²) >= 11 is 5.87. The summed E-state index contributed by atoms with van der Waals surface area (Å²) in [6.07, 6.45) is 2.88. The van der Waals surface area contributed by atoms with Gasteiger partial charge in [0.05, 0.1) is 0 Å². The van der Waals surface area contributed by atoms with Crippen molar-refractivity contribution in [3.05, 3.63) is 70.2 Å². The van der Waals surface area contributed by atoms with Crippen LogP contribution in [0.2, 0.25) is 5.02 Å². The average Bonchev–Trinajstić information content (AvgIpc) is 2.95. The third kappa shape index (κ3) is 3.72. The van der Waals surface area contributed by atoms with Gasteiger partial charge in [-0.05, 0) is 54.5 Å². The maximum atomic E-state index is 13.2. The summed E-state index contributed by atoms with van der Waals surface area (Å²) < 4.78 is 0. The molecular weight excluding hydrogens is 390 g/mol. The third-order valence-electron chi connectivity index (χ3n) is 5.60. The van der Waals surface area contributed by atoms with E-state index in [1.807, 2.05) is 36.4 Å². The zero-order chi connectivity index (χ0) is 20.4. The Morgan fingerprint density at radius 1 is 1.14 bits per heavy atom. The second-order valence-electron chi connectivity index (χ2n) is 7.46. The molecule has 2 aliphatic rings. The Balaban J connectivity index is 1.40. The van der Waals surface area contributed by atoms with Gasteiger partial charge >= 0.3 is 6.03 Å². The van der Waals surface area contributed by atoms with Crippen LogP contribution in [-0.2, 0) is 28.0 Å². The van der Waals surface area contributed by atoms with Crippen molar-refractivity contribution in [2.45, 2.75) is 31.2 Å². The first-order valence-corrected chi connectivity index (χ1v) is 10.1. The summed E-state index contributed by atoms with van der Waals surface area (Å²) in [6, 6.07) is 14.6. The molecule has 1 fully saturated rings. The number of imide groups is 1. The number of aryl methyl sites for hydroxylation is 1. The van der Waals surface area contributed by atoms with E-state index in [2.05, 4.69) is 10.6 Å². The molecule has 1 saturated heterocycles. The van der Waals surface area contributed by atoms with Crippen LogP contribution in [0.15, 0.2) is 48.5 Å². The zero-order valence-corrected chi connectivity index (χ0v) is 16.7. The minimum atomic E-state index is -1.05. The lowest BCUT2D eigenvalue weighted by molar-refractivity contribution is -0.135. The normalized spacial score (nSPS) is 20.5.